The summed E-state index contributed by atoms with van der Waals surface area (Å²) in [5, 5.41) is 6.10. The summed E-state index contributed by atoms with van der Waals surface area (Å²) < 4.78 is 0. The Balaban J connectivity index is 2.04. The zero-order valence-corrected chi connectivity index (χ0v) is 14.5. The largest absolute Gasteiger partial charge is 0.368 e. The average molecular weight is 311 g/mol. The second-order valence-electron chi connectivity index (χ2n) is 7.01. The van der Waals surface area contributed by atoms with Crippen LogP contribution in [0.25, 0.3) is 0 Å². The lowest BCUT2D eigenvalue weighted by molar-refractivity contribution is 0.102. The summed E-state index contributed by atoms with van der Waals surface area (Å²) in [6, 6.07) is 11.9. The van der Waals surface area contributed by atoms with E-state index in [1.165, 1.54) is 5.56 Å². The number of nitrogens with one attached hydrogen (secondary N) is 2. The molecule has 2 N–H and O–H groups in total. The van der Waals surface area contributed by atoms with Gasteiger partial charge in [-0.1, -0.05) is 32.9 Å². The Morgan fingerprint density at radius 2 is 1.70 bits per heavy atom. The highest BCUT2D eigenvalue weighted by molar-refractivity contribution is 6.04. The molecule has 4 nitrogen and oxygen atoms in total. The molecule has 4 heteroatoms. The number of carbonyl (C=O) groups excluding carboxylic acids is 1. The summed E-state index contributed by atoms with van der Waals surface area (Å²) in [4.78, 5) is 16.5. The fourth-order valence-electron chi connectivity index (χ4n) is 2.17. The number of nitrogens with zero attached hydrogens (tertiary/aromatic N) is 1. The third kappa shape index (κ3) is 4.81. The van der Waals surface area contributed by atoms with Gasteiger partial charge in [-0.25, -0.2) is 4.98 Å². The molecule has 0 fully saturated rings. The molecule has 0 aliphatic heterocycles. The minimum absolute atomic E-state index is 0.103. The van der Waals surface area contributed by atoms with E-state index in [1.54, 1.807) is 12.3 Å². The van der Waals surface area contributed by atoms with Crippen LogP contribution in [0.3, 0.4) is 0 Å². The molecule has 0 spiro atoms. The predicted molar refractivity (Wildman–Crippen MR) is 96.1 cm³/mol. The Kier molecular flexibility index (Phi) is 5.04. The van der Waals surface area contributed by atoms with Crippen LogP contribution < -0.4 is 10.6 Å². The molecule has 1 heterocycles. The Labute approximate surface area is 138 Å². The second-order valence-corrected chi connectivity index (χ2v) is 7.01. The van der Waals surface area contributed by atoms with Crippen LogP contribution in [0.15, 0.2) is 42.6 Å². The number of amides is 1. The van der Waals surface area contributed by atoms with Gasteiger partial charge in [0.15, 0.2) is 0 Å². The van der Waals surface area contributed by atoms with Crippen molar-refractivity contribution in [2.75, 3.05) is 10.6 Å². The molecule has 0 unspecified atom stereocenters. The van der Waals surface area contributed by atoms with E-state index in [-0.39, 0.29) is 11.3 Å². The van der Waals surface area contributed by atoms with E-state index < -0.39 is 0 Å². The highest BCUT2D eigenvalue weighted by Gasteiger charge is 2.13. The number of hydrogen-bond donors (Lipinski definition) is 2. The van der Waals surface area contributed by atoms with E-state index >= 15 is 0 Å². The molecule has 1 aromatic carbocycles. The minimum Gasteiger partial charge on any atom is -0.368 e. The molecule has 0 atom stereocenters. The van der Waals surface area contributed by atoms with Crippen molar-refractivity contribution < 1.29 is 4.79 Å². The van der Waals surface area contributed by atoms with Crippen molar-refractivity contribution >= 4 is 17.4 Å². The number of rotatable bonds is 4. The number of benzene rings is 1. The van der Waals surface area contributed by atoms with Crippen molar-refractivity contribution in [1.82, 2.24) is 4.98 Å². The van der Waals surface area contributed by atoms with Crippen molar-refractivity contribution in [3.63, 3.8) is 0 Å². The SMILES string of the molecule is CC(C)Nc1ccc(C(=O)Nc2ccc(C(C)(C)C)cc2)cn1. The van der Waals surface area contributed by atoms with Gasteiger partial charge in [-0.15, -0.1) is 0 Å². The van der Waals surface area contributed by atoms with Crippen molar-refractivity contribution in [1.29, 1.82) is 0 Å². The van der Waals surface area contributed by atoms with E-state index in [9.17, 15) is 4.79 Å². The van der Waals surface area contributed by atoms with E-state index in [0.717, 1.165) is 11.5 Å². The molecule has 122 valence electrons. The Morgan fingerprint density at radius 3 is 2.17 bits per heavy atom. The molecule has 0 aliphatic rings. The lowest BCUT2D eigenvalue weighted by Gasteiger charge is -2.19. The van der Waals surface area contributed by atoms with Crippen LogP contribution in [0.5, 0.6) is 0 Å². The smallest absolute Gasteiger partial charge is 0.257 e. The van der Waals surface area contributed by atoms with Gasteiger partial charge in [-0.2, -0.15) is 0 Å². The molecule has 0 saturated heterocycles. The van der Waals surface area contributed by atoms with Crippen molar-refractivity contribution in [2.45, 2.75) is 46.1 Å². The monoisotopic (exact) mass is 311 g/mol. The van der Waals surface area contributed by atoms with Crippen molar-refractivity contribution in [3.05, 3.63) is 53.7 Å². The Morgan fingerprint density at radius 1 is 1.04 bits per heavy atom. The van der Waals surface area contributed by atoms with Gasteiger partial charge in [0, 0.05) is 17.9 Å². The van der Waals surface area contributed by atoms with Crippen molar-refractivity contribution in [3.8, 4) is 0 Å². The van der Waals surface area contributed by atoms with Gasteiger partial charge in [0.2, 0.25) is 0 Å². The van der Waals surface area contributed by atoms with Crippen LogP contribution in [-0.2, 0) is 5.41 Å². The first kappa shape index (κ1) is 17.0. The number of anilines is 2. The van der Waals surface area contributed by atoms with Gasteiger partial charge in [0.05, 0.1) is 5.56 Å². The van der Waals surface area contributed by atoms with Gasteiger partial charge in [-0.05, 0) is 49.1 Å². The predicted octanol–water partition coefficient (Wildman–Crippen LogP) is 4.45. The lowest BCUT2D eigenvalue weighted by atomic mass is 9.87. The maximum Gasteiger partial charge on any atom is 0.257 e. The van der Waals surface area contributed by atoms with Crippen LogP contribution in [-0.4, -0.2) is 16.9 Å². The van der Waals surface area contributed by atoms with Crippen LogP contribution >= 0.6 is 0 Å². The number of carbonyl (C=O) groups is 1. The van der Waals surface area contributed by atoms with Gasteiger partial charge in [-0.3, -0.25) is 4.79 Å². The molecular weight excluding hydrogens is 286 g/mol. The molecule has 1 aromatic heterocycles. The molecular formula is C19H25N3O. The first-order valence-electron chi connectivity index (χ1n) is 7.90. The minimum atomic E-state index is -0.155. The van der Waals surface area contributed by atoms with E-state index in [0.29, 0.717) is 11.6 Å². The van der Waals surface area contributed by atoms with Crippen molar-refractivity contribution in [2.24, 2.45) is 0 Å². The fourth-order valence-corrected chi connectivity index (χ4v) is 2.17. The summed E-state index contributed by atoms with van der Waals surface area (Å²) in [6.45, 7) is 10.6. The van der Waals surface area contributed by atoms with E-state index in [1.807, 2.05) is 44.2 Å². The first-order valence-corrected chi connectivity index (χ1v) is 7.90. The summed E-state index contributed by atoms with van der Waals surface area (Å²) in [6.07, 6.45) is 1.59. The van der Waals surface area contributed by atoms with Gasteiger partial charge in [0.1, 0.15) is 5.82 Å². The highest BCUT2D eigenvalue weighted by Crippen LogP contribution is 2.23. The third-order valence-electron chi connectivity index (χ3n) is 3.47. The van der Waals surface area contributed by atoms with E-state index in [2.05, 4.69) is 36.4 Å². The van der Waals surface area contributed by atoms with Crippen LogP contribution in [0.1, 0.15) is 50.5 Å². The summed E-state index contributed by atoms with van der Waals surface area (Å²) in [5.41, 5.74) is 2.67. The molecule has 2 rings (SSSR count). The molecule has 23 heavy (non-hydrogen) atoms. The summed E-state index contributed by atoms with van der Waals surface area (Å²) in [5.74, 6) is 0.614. The van der Waals surface area contributed by atoms with Crippen LogP contribution in [0.4, 0.5) is 11.5 Å². The average Bonchev–Trinajstić information content (AvgIpc) is 2.47. The maximum atomic E-state index is 12.3. The van der Waals surface area contributed by atoms with Crippen LogP contribution in [0, 0.1) is 0 Å². The zero-order valence-electron chi connectivity index (χ0n) is 14.5. The molecule has 0 bridgehead atoms. The summed E-state index contributed by atoms with van der Waals surface area (Å²) >= 11 is 0. The number of aromatic nitrogens is 1. The maximum absolute atomic E-state index is 12.3. The molecule has 1 amide bonds. The molecule has 0 radical (unpaired) electrons. The topological polar surface area (TPSA) is 54.0 Å². The molecule has 0 saturated carbocycles. The highest BCUT2D eigenvalue weighted by atomic mass is 16.1. The first-order chi connectivity index (χ1) is 10.8. The zero-order chi connectivity index (χ0) is 17.0. The lowest BCUT2D eigenvalue weighted by Crippen LogP contribution is -2.15. The van der Waals surface area contributed by atoms with Crippen LogP contribution in [0.2, 0.25) is 0 Å². The van der Waals surface area contributed by atoms with Gasteiger partial charge >= 0.3 is 0 Å². The fraction of sp³-hybridized carbons (Fsp3) is 0.368. The van der Waals surface area contributed by atoms with Gasteiger partial charge < -0.3 is 10.6 Å². The van der Waals surface area contributed by atoms with Gasteiger partial charge in [0.25, 0.3) is 5.91 Å². The number of hydrogen-bond acceptors (Lipinski definition) is 3. The molecule has 2 aromatic rings. The molecule has 0 aliphatic carbocycles. The Hall–Kier alpha value is -2.36. The number of pyridine rings is 1. The normalized spacial score (nSPS) is 11.4. The standard InChI is InChI=1S/C19H25N3O/c1-13(2)21-17-11-6-14(12-20-17)18(23)22-16-9-7-15(8-10-16)19(3,4)5/h6-13H,1-5H3,(H,20,21)(H,22,23). The second kappa shape index (κ2) is 6.82. The summed E-state index contributed by atoms with van der Waals surface area (Å²) in [7, 11) is 0. The Bertz CT molecular complexity index is 653. The quantitative estimate of drug-likeness (QED) is 0.877. The van der Waals surface area contributed by atoms with E-state index in [4.69, 9.17) is 0 Å². The third-order valence-corrected chi connectivity index (χ3v) is 3.47.